The molecule has 0 saturated heterocycles. The Balaban J connectivity index is 5.00. The minimum Gasteiger partial charge on any atom is -0.515 e. The average molecular weight is 513 g/mol. The van der Waals surface area contributed by atoms with E-state index in [1.807, 2.05) is 0 Å². The molecule has 10 unspecified atom stereocenters. The molecule has 0 heterocycles. The fourth-order valence-corrected chi connectivity index (χ4v) is 161. The minimum absolute atomic E-state index is 0.00942. The Hall–Kier alpha value is 6.88. The molecule has 98 valence electrons. The van der Waals surface area contributed by atoms with E-state index in [-0.39, 0.29) is 48.9 Å². The van der Waals surface area contributed by atoms with Crippen LogP contribution >= 0.6 is 129 Å². The predicted octanol–water partition coefficient (Wildman–Crippen LogP) is 9.23. The average Bonchev–Trinajstić information content (AvgIpc) is 2.10. The van der Waals surface area contributed by atoms with Gasteiger partial charge < -0.3 is 8.93 Å². The summed E-state index contributed by atoms with van der Waals surface area (Å²) in [6, 6.07) is 0. The zero-order chi connectivity index (χ0) is 13.0. The van der Waals surface area contributed by atoms with Gasteiger partial charge in [0.25, 0.3) is 0 Å². The van der Waals surface area contributed by atoms with Gasteiger partial charge in [0, 0.05) is 0 Å². The van der Waals surface area contributed by atoms with E-state index in [4.69, 9.17) is 0 Å². The molecular weight excluding hydrogens is 496 g/mol. The van der Waals surface area contributed by atoms with Crippen molar-refractivity contribution in [3.05, 3.63) is 0 Å². The van der Waals surface area contributed by atoms with Gasteiger partial charge in [0.1, 0.15) is 0 Å². The Morgan fingerprint density at radius 2 is 0.812 bits per heavy atom. The van der Waals surface area contributed by atoms with Crippen LogP contribution in [0.25, 0.3) is 0 Å². The molecule has 0 aliphatic heterocycles. The summed E-state index contributed by atoms with van der Waals surface area (Å²) in [4.78, 5) is 0. The van der Waals surface area contributed by atoms with Gasteiger partial charge in [-0.1, -0.05) is 6.99 Å². The van der Waals surface area contributed by atoms with Crippen LogP contribution in [0.15, 0.2) is 0 Å². The van der Waals surface area contributed by atoms with E-state index in [0.29, 0.717) is 0 Å². The maximum atomic E-state index is 4.07. The second kappa shape index (κ2) is 12.3. The molecule has 16 heteroatoms. The highest BCUT2D eigenvalue weighted by Crippen LogP contribution is 3.24. The van der Waals surface area contributed by atoms with Crippen molar-refractivity contribution in [2.75, 3.05) is 0 Å². The Morgan fingerprint density at radius 3 is 1.00 bits per heavy atom. The molecule has 10 atom stereocenters. The molecule has 0 spiro atoms. The largest absolute Gasteiger partial charge is 0.515 e. The number of hydrogen-bond donors (Lipinski definition) is 0. The van der Waals surface area contributed by atoms with Gasteiger partial charge in [-0.3, -0.25) is 0 Å². The van der Waals surface area contributed by atoms with Crippen LogP contribution in [-0.2, 0) is 0 Å². The Bertz CT molecular complexity index is 168. The van der Waals surface area contributed by atoms with Gasteiger partial charge in [0.2, 0.25) is 0 Å². The molecule has 0 N–H and O–H groups in total. The van der Waals surface area contributed by atoms with Crippen molar-refractivity contribution in [3.8, 4) is 0 Å². The summed E-state index contributed by atoms with van der Waals surface area (Å²) < 4.78 is 0. The second-order valence-corrected chi connectivity index (χ2v) is 63.3. The zero-order valence-corrected chi connectivity index (χ0v) is 24.7. The molecule has 0 amide bonds. The van der Waals surface area contributed by atoms with Gasteiger partial charge in [-0.15, -0.1) is 71.4 Å². The van der Waals surface area contributed by atoms with Crippen molar-refractivity contribution < 1.29 is 0 Å². The van der Waals surface area contributed by atoms with Gasteiger partial charge in [-0.25, -0.2) is 6.99 Å². The van der Waals surface area contributed by atoms with E-state index < -0.39 is 0 Å². The molecule has 0 aromatic heterocycles. The summed E-state index contributed by atoms with van der Waals surface area (Å²) >= 11 is 0. The molecular formula is H17P16-. The van der Waals surface area contributed by atoms with Crippen molar-refractivity contribution in [3.63, 3.8) is 0 Å². The first-order valence-electron chi connectivity index (χ1n) is 3.49. The predicted molar refractivity (Wildman–Crippen MR) is 134 cm³/mol. The third-order valence-corrected chi connectivity index (χ3v) is 94.6. The first-order chi connectivity index (χ1) is 7.20. The second-order valence-electron chi connectivity index (χ2n) is 2.35. The molecule has 0 nitrogen and oxygen atoms in total. The minimum atomic E-state index is 0.00942. The Morgan fingerprint density at radius 1 is 0.500 bits per heavy atom. The van der Waals surface area contributed by atoms with Crippen LogP contribution in [0.3, 0.4) is 0 Å². The molecule has 0 saturated carbocycles. The topological polar surface area (TPSA) is 0 Å². The van der Waals surface area contributed by atoms with Crippen molar-refractivity contribution in [1.82, 2.24) is 0 Å². The van der Waals surface area contributed by atoms with Crippen molar-refractivity contribution in [2.24, 2.45) is 0 Å². The summed E-state index contributed by atoms with van der Waals surface area (Å²) in [7, 11) is 28.5. The monoisotopic (exact) mass is 513 g/mol. The summed E-state index contributed by atoms with van der Waals surface area (Å²) in [6.45, 7) is 0.439. The highest BCUT2D eigenvalue weighted by Gasteiger charge is 2.31. The quantitative estimate of drug-likeness (QED) is 0.311. The third-order valence-electron chi connectivity index (χ3n) is 1.17. The number of hydrogen-bond acceptors (Lipinski definition) is 0. The first-order valence-corrected chi connectivity index (χ1v) is 31.4. The third kappa shape index (κ3) is 8.65. The molecule has 0 aromatic rings. The fourth-order valence-electron chi connectivity index (χ4n) is 0.662. The van der Waals surface area contributed by atoms with E-state index in [1.165, 1.54) is 0 Å². The van der Waals surface area contributed by atoms with Crippen LogP contribution in [0.5, 0.6) is 0 Å². The van der Waals surface area contributed by atoms with Crippen molar-refractivity contribution >= 4 is 129 Å². The smallest absolute Gasteiger partial charge is 0.00783 e. The van der Waals surface area contributed by atoms with Crippen molar-refractivity contribution in [2.45, 2.75) is 0 Å². The maximum absolute atomic E-state index is 4.07. The lowest BCUT2D eigenvalue weighted by Gasteiger charge is -2.45. The van der Waals surface area contributed by atoms with Crippen LogP contribution < -0.4 is 0 Å². The van der Waals surface area contributed by atoms with Crippen LogP contribution in [-0.4, -0.2) is 0 Å². The van der Waals surface area contributed by atoms with Crippen LogP contribution in [0.2, 0.25) is 0 Å². The summed E-state index contributed by atoms with van der Waals surface area (Å²) in [5, 5.41) is 0. The molecule has 0 rings (SSSR count). The molecule has 0 fully saturated rings. The van der Waals surface area contributed by atoms with Crippen LogP contribution in [0.4, 0.5) is 0 Å². The van der Waals surface area contributed by atoms with Gasteiger partial charge in [0.15, 0.2) is 0 Å². The zero-order valence-electron chi connectivity index (χ0n) is 8.25. The van der Waals surface area contributed by atoms with E-state index in [9.17, 15) is 0 Å². The van der Waals surface area contributed by atoms with Gasteiger partial charge >= 0.3 is 0 Å². The number of rotatable bonds is 6. The SMILES string of the molecule is [PH-]P(P(P)P)P(P(P)P)P(P(P)P)P(P)P. The van der Waals surface area contributed by atoms with Crippen molar-refractivity contribution in [1.29, 1.82) is 0 Å². The van der Waals surface area contributed by atoms with Crippen LogP contribution in [0.1, 0.15) is 0 Å². The molecule has 0 aliphatic carbocycles. The summed E-state index contributed by atoms with van der Waals surface area (Å²) in [5.74, 6) is 0. The molecule has 0 aromatic carbocycles. The van der Waals surface area contributed by atoms with E-state index >= 15 is 0 Å². The van der Waals surface area contributed by atoms with Crippen LogP contribution in [0, 0.1) is 0 Å². The van der Waals surface area contributed by atoms with E-state index in [1.54, 1.807) is 0 Å². The van der Waals surface area contributed by atoms with Gasteiger partial charge in [-0.05, 0) is 34.9 Å². The maximum Gasteiger partial charge on any atom is -0.00783 e. The Kier molecular flexibility index (Phi) is 17.5. The Labute approximate surface area is 128 Å². The highest BCUT2D eigenvalue weighted by atomic mass is 33.4. The lowest BCUT2D eigenvalue weighted by Crippen LogP contribution is -1.51. The molecule has 0 bridgehead atoms. The highest BCUT2D eigenvalue weighted by molar-refractivity contribution is 9.30. The van der Waals surface area contributed by atoms with E-state index in [2.05, 4.69) is 80.4 Å². The van der Waals surface area contributed by atoms with Gasteiger partial charge in [-0.2, -0.15) is 0 Å². The summed E-state index contributed by atoms with van der Waals surface area (Å²) in [5.41, 5.74) is 0. The molecule has 0 radical (unpaired) electrons. The lowest BCUT2D eigenvalue weighted by atomic mass is 28.6. The fraction of sp³-hybridized carbons (Fsp3) is 0. The molecule has 0 aliphatic rings. The first kappa shape index (κ1) is 22.9. The standard InChI is InChI=1S/H17P16/c1-10(2)14(9)16(13(7)8)15(11(3)4)12(5)6/h9H,1-8H2/q-1. The summed E-state index contributed by atoms with van der Waals surface area (Å²) in [6.07, 6.45) is 0. The normalized spacial score (nSPS) is 16.9. The van der Waals surface area contributed by atoms with E-state index in [0.717, 1.165) is 0 Å². The lowest BCUT2D eigenvalue weighted by molar-refractivity contribution is 4.55. The molecule has 16 heavy (non-hydrogen) atoms. The van der Waals surface area contributed by atoms with Gasteiger partial charge in [0.05, 0.1) is 0 Å².